The molecule has 0 unspecified atom stereocenters. The molecule has 1 aliphatic rings. The van der Waals surface area contributed by atoms with Crippen LogP contribution >= 0.6 is 19.8 Å². The predicted octanol–water partition coefficient (Wildman–Crippen LogP) is 3.00. The number of carbonyl (C=O) groups is 2. The van der Waals surface area contributed by atoms with Gasteiger partial charge in [-0.05, 0) is 13.1 Å². The molecular weight excluding hydrogens is 621 g/mol. The first-order valence-corrected chi connectivity index (χ1v) is 20.5. The van der Waals surface area contributed by atoms with Crippen molar-refractivity contribution in [3.63, 3.8) is 0 Å². The van der Waals surface area contributed by atoms with E-state index < -0.39 is 19.8 Å². The van der Waals surface area contributed by atoms with E-state index in [0.29, 0.717) is 26.1 Å². The monoisotopic (exact) mass is 683 g/mol. The van der Waals surface area contributed by atoms with Crippen molar-refractivity contribution < 1.29 is 19.1 Å². The van der Waals surface area contributed by atoms with Crippen LogP contribution in [0.25, 0.3) is 0 Å². The van der Waals surface area contributed by atoms with Gasteiger partial charge in [-0.25, -0.2) is 0 Å². The quantitative estimate of drug-likeness (QED) is 0.0869. The Bertz CT molecular complexity index is 590. The summed E-state index contributed by atoms with van der Waals surface area (Å²) in [6.07, 6.45) is 0.951. The number of carbonyl (C=O) groups excluding carboxylic acids is 2. The molecule has 0 aromatic rings. The van der Waals surface area contributed by atoms with Crippen molar-refractivity contribution in [2.24, 2.45) is 0 Å². The summed E-state index contributed by atoms with van der Waals surface area (Å²) in [6, 6.07) is 0. The van der Waals surface area contributed by atoms with E-state index in [1.165, 1.54) is 8.86 Å². The van der Waals surface area contributed by atoms with E-state index in [-0.39, 0.29) is 11.9 Å². The molecule has 1 rings (SSSR count). The third kappa shape index (κ3) is 17.4. The van der Waals surface area contributed by atoms with E-state index in [1.54, 1.807) is 0 Å². The molecule has 0 N–H and O–H groups in total. The van der Waals surface area contributed by atoms with Crippen molar-refractivity contribution in [3.05, 3.63) is 0 Å². The predicted molar refractivity (Wildman–Crippen MR) is 176 cm³/mol. The van der Waals surface area contributed by atoms with Gasteiger partial charge in [-0.3, -0.25) is 0 Å². The van der Waals surface area contributed by atoms with Crippen molar-refractivity contribution in [3.8, 4) is 0 Å². The van der Waals surface area contributed by atoms with E-state index in [1.807, 2.05) is 0 Å². The number of esters is 2. The van der Waals surface area contributed by atoms with Crippen molar-refractivity contribution in [2.75, 3.05) is 125 Å². The van der Waals surface area contributed by atoms with Gasteiger partial charge in [0.1, 0.15) is 0 Å². The van der Waals surface area contributed by atoms with Gasteiger partial charge in [-0.2, -0.15) is 0 Å². The van der Waals surface area contributed by atoms with Crippen LogP contribution in [0.5, 0.6) is 0 Å². The first-order chi connectivity index (χ1) is 19.4. The Morgan fingerprint density at radius 1 is 0.600 bits per heavy atom. The Morgan fingerprint density at radius 3 is 1.43 bits per heavy atom. The topological polar surface area (TPSA) is 68.8 Å². The molecule has 238 valence electrons. The summed E-state index contributed by atoms with van der Waals surface area (Å²) < 4.78 is 14.8. The van der Waals surface area contributed by atoms with Crippen LogP contribution in [-0.2, 0) is 19.1 Å². The molecule has 0 aliphatic carbocycles. The average Bonchev–Trinajstić information content (AvgIpc) is 2.97. The van der Waals surface area contributed by atoms with Gasteiger partial charge >= 0.3 is 223 Å². The SMILES string of the molecule is CCN(CC)CCN(CC)CCC(=O)OCCN1CCI(CCOC(=O)CCN(CC)CCN(CC)CC)CC1. The minimum absolute atomic E-state index is 0.0523. The number of ether oxygens (including phenoxy) is 2. The fraction of sp³-hybridized carbons (Fsp3) is 0.933. The Balaban J connectivity index is 2.11. The minimum atomic E-state index is -1.04. The maximum atomic E-state index is 12.3. The second-order valence-corrected chi connectivity index (χ2v) is 16.8. The molecule has 0 aromatic carbocycles. The second kappa shape index (κ2) is 24.0. The number of alkyl halides is 3. The van der Waals surface area contributed by atoms with Crippen LogP contribution < -0.4 is 0 Å². The maximum absolute atomic E-state index is 12.3. The number of nitrogens with zero attached hydrogens (tertiary/aromatic N) is 5. The van der Waals surface area contributed by atoms with Gasteiger partial charge in [0, 0.05) is 0 Å². The van der Waals surface area contributed by atoms with Crippen LogP contribution in [0.4, 0.5) is 0 Å². The first kappa shape index (κ1) is 37.5. The molecule has 0 aromatic heterocycles. The van der Waals surface area contributed by atoms with Gasteiger partial charge in [-0.1, -0.05) is 13.8 Å². The van der Waals surface area contributed by atoms with E-state index >= 15 is 0 Å². The van der Waals surface area contributed by atoms with E-state index in [9.17, 15) is 9.59 Å². The normalized spacial score (nSPS) is 15.5. The molecule has 0 radical (unpaired) electrons. The van der Waals surface area contributed by atoms with Crippen LogP contribution in [0.1, 0.15) is 54.4 Å². The molecule has 0 atom stereocenters. The van der Waals surface area contributed by atoms with Crippen LogP contribution in [0, 0.1) is 0 Å². The molecule has 1 heterocycles. The molecule has 0 bridgehead atoms. The zero-order valence-electron chi connectivity index (χ0n) is 26.8. The van der Waals surface area contributed by atoms with Gasteiger partial charge in [-0.15, -0.1) is 0 Å². The van der Waals surface area contributed by atoms with Crippen molar-refractivity contribution in [2.45, 2.75) is 54.4 Å². The van der Waals surface area contributed by atoms with Crippen LogP contribution in [-0.4, -0.2) is 161 Å². The van der Waals surface area contributed by atoms with Crippen LogP contribution in [0.3, 0.4) is 0 Å². The van der Waals surface area contributed by atoms with Gasteiger partial charge in [0.15, 0.2) is 0 Å². The van der Waals surface area contributed by atoms with Gasteiger partial charge in [0.2, 0.25) is 0 Å². The molecule has 40 heavy (non-hydrogen) atoms. The van der Waals surface area contributed by atoms with Crippen molar-refractivity contribution >= 4 is 31.8 Å². The number of hydrogen-bond acceptors (Lipinski definition) is 9. The molecule has 0 amide bonds. The van der Waals surface area contributed by atoms with Crippen LogP contribution in [0.15, 0.2) is 0 Å². The summed E-state index contributed by atoms with van der Waals surface area (Å²) in [5.74, 6) is -0.136. The Morgan fingerprint density at radius 2 is 1.00 bits per heavy atom. The summed E-state index contributed by atoms with van der Waals surface area (Å²) in [7, 11) is 0. The molecular formula is C30H62IN5O4. The number of rotatable bonds is 24. The zero-order chi connectivity index (χ0) is 29.6. The van der Waals surface area contributed by atoms with Gasteiger partial charge in [0.25, 0.3) is 0 Å². The number of halogens is 1. The molecule has 1 aliphatic heterocycles. The molecule has 1 saturated heterocycles. The molecule has 0 saturated carbocycles. The molecule has 10 heteroatoms. The summed E-state index contributed by atoms with van der Waals surface area (Å²) in [6.45, 7) is 29.0. The van der Waals surface area contributed by atoms with Crippen molar-refractivity contribution in [1.82, 2.24) is 24.5 Å². The fourth-order valence-corrected chi connectivity index (χ4v) is 9.98. The molecule has 1 fully saturated rings. The summed E-state index contributed by atoms with van der Waals surface area (Å²) in [5.41, 5.74) is 0. The first-order valence-electron chi connectivity index (χ1n) is 15.9. The second-order valence-electron chi connectivity index (χ2n) is 10.3. The molecule has 9 nitrogen and oxygen atoms in total. The average molecular weight is 684 g/mol. The van der Waals surface area contributed by atoms with E-state index in [2.05, 4.69) is 66.0 Å². The summed E-state index contributed by atoms with van der Waals surface area (Å²) in [5, 5.41) is 0. The van der Waals surface area contributed by atoms with Gasteiger partial charge < -0.3 is 4.90 Å². The molecule has 0 spiro atoms. The summed E-state index contributed by atoms with van der Waals surface area (Å²) >= 11 is -1.04. The number of hydrogen-bond donors (Lipinski definition) is 0. The Kier molecular flexibility index (Phi) is 22.5. The standard InChI is InChI=1S/C30H62IN5O4/c1-7-32(8-2)22-24-34(11-5)18-13-29(37)39-27-17-31-15-20-36(21-16-31)26-28-40-30(38)14-19-35(12-6)25-23-33(9-3)10-4/h7-28H2,1-6H3. The Hall–Kier alpha value is -0.530. The third-order valence-electron chi connectivity index (χ3n) is 8.03. The number of likely N-dealkylation sites (N-methyl/N-ethyl adjacent to an activating group) is 4. The Labute approximate surface area is 253 Å². The zero-order valence-corrected chi connectivity index (χ0v) is 29.0. The van der Waals surface area contributed by atoms with Crippen LogP contribution in [0.2, 0.25) is 0 Å². The summed E-state index contributed by atoms with van der Waals surface area (Å²) in [4.78, 5) is 36.5. The van der Waals surface area contributed by atoms with Gasteiger partial charge in [0.05, 0.1) is 0 Å². The van der Waals surface area contributed by atoms with E-state index in [0.717, 1.165) is 103 Å². The van der Waals surface area contributed by atoms with Crippen molar-refractivity contribution in [1.29, 1.82) is 0 Å². The van der Waals surface area contributed by atoms with E-state index in [4.69, 9.17) is 9.47 Å². The fourth-order valence-electron chi connectivity index (χ4n) is 4.79. The third-order valence-corrected chi connectivity index (χ3v) is 14.0.